The first kappa shape index (κ1) is 13.9. The summed E-state index contributed by atoms with van der Waals surface area (Å²) in [5, 5.41) is 12.6. The first-order chi connectivity index (χ1) is 8.13. The Morgan fingerprint density at radius 2 is 2.35 bits per heavy atom. The van der Waals surface area contributed by atoms with Gasteiger partial charge in [-0.2, -0.15) is 0 Å². The molecule has 0 amide bonds. The van der Waals surface area contributed by atoms with Gasteiger partial charge in [0.25, 0.3) is 0 Å². The summed E-state index contributed by atoms with van der Waals surface area (Å²) >= 11 is 5.68. The van der Waals surface area contributed by atoms with Crippen molar-refractivity contribution >= 4 is 17.6 Å². The molecule has 1 heterocycles. The Kier molecular flexibility index (Phi) is 5.94. The number of hydrogen-bond donors (Lipinski definition) is 2. The van der Waals surface area contributed by atoms with Gasteiger partial charge in [-0.05, 0) is 44.5 Å². The second kappa shape index (κ2) is 7.25. The summed E-state index contributed by atoms with van der Waals surface area (Å²) in [6, 6.07) is 3.51. The second-order valence-electron chi connectivity index (χ2n) is 3.97. The van der Waals surface area contributed by atoms with Gasteiger partial charge in [0.05, 0.1) is 5.92 Å². The van der Waals surface area contributed by atoms with Crippen molar-refractivity contribution in [1.29, 1.82) is 0 Å². The summed E-state index contributed by atoms with van der Waals surface area (Å²) in [5.41, 5.74) is 0.909. The van der Waals surface area contributed by atoms with Gasteiger partial charge in [0.1, 0.15) is 5.15 Å². The van der Waals surface area contributed by atoms with Gasteiger partial charge in [-0.1, -0.05) is 17.7 Å². The molecule has 0 aliphatic rings. The van der Waals surface area contributed by atoms with Crippen molar-refractivity contribution in [3.05, 3.63) is 29.0 Å². The average Bonchev–Trinajstić information content (AvgIpc) is 2.30. The van der Waals surface area contributed by atoms with Crippen molar-refractivity contribution in [1.82, 2.24) is 10.3 Å². The lowest BCUT2D eigenvalue weighted by molar-refractivity contribution is -0.141. The van der Waals surface area contributed by atoms with Crippen LogP contribution in [0.1, 0.15) is 18.4 Å². The maximum atomic E-state index is 11.1. The molecule has 94 valence electrons. The Morgan fingerprint density at radius 1 is 1.59 bits per heavy atom. The number of pyridine rings is 1. The number of halogens is 1. The van der Waals surface area contributed by atoms with E-state index in [4.69, 9.17) is 16.7 Å². The molecule has 1 rings (SSSR count). The standard InChI is InChI=1S/C12H17ClN2O2/c1-14-6-2-3-10(12(16)17)7-9-4-5-11(13)15-8-9/h4-5,8,10,14H,2-3,6-7H2,1H3,(H,16,17). The van der Waals surface area contributed by atoms with Gasteiger partial charge in [-0.25, -0.2) is 4.98 Å². The molecule has 0 saturated carbocycles. The van der Waals surface area contributed by atoms with E-state index in [2.05, 4.69) is 10.3 Å². The normalized spacial score (nSPS) is 12.4. The molecule has 1 aromatic rings. The number of nitrogens with one attached hydrogen (secondary N) is 1. The molecule has 0 bridgehead atoms. The molecule has 1 aromatic heterocycles. The third-order valence-corrected chi connectivity index (χ3v) is 2.82. The van der Waals surface area contributed by atoms with Gasteiger partial charge in [0.2, 0.25) is 0 Å². The third kappa shape index (κ3) is 5.15. The van der Waals surface area contributed by atoms with Gasteiger partial charge in [0, 0.05) is 6.20 Å². The molecule has 1 atom stereocenters. The Balaban J connectivity index is 2.54. The molecule has 5 heteroatoms. The average molecular weight is 257 g/mol. The van der Waals surface area contributed by atoms with Crippen LogP contribution in [0.15, 0.2) is 18.3 Å². The van der Waals surface area contributed by atoms with Crippen molar-refractivity contribution in [2.75, 3.05) is 13.6 Å². The minimum atomic E-state index is -0.754. The van der Waals surface area contributed by atoms with Crippen LogP contribution in [0, 0.1) is 5.92 Å². The van der Waals surface area contributed by atoms with Gasteiger partial charge in [-0.3, -0.25) is 4.79 Å². The van der Waals surface area contributed by atoms with Crippen LogP contribution >= 0.6 is 11.6 Å². The van der Waals surface area contributed by atoms with E-state index in [1.807, 2.05) is 13.1 Å². The molecule has 0 aliphatic carbocycles. The zero-order valence-corrected chi connectivity index (χ0v) is 10.6. The van der Waals surface area contributed by atoms with E-state index in [0.29, 0.717) is 18.0 Å². The fourth-order valence-corrected chi connectivity index (χ4v) is 1.76. The molecule has 0 aliphatic heterocycles. The van der Waals surface area contributed by atoms with Gasteiger partial charge < -0.3 is 10.4 Å². The highest BCUT2D eigenvalue weighted by molar-refractivity contribution is 6.29. The van der Waals surface area contributed by atoms with E-state index in [1.165, 1.54) is 0 Å². The molecule has 4 nitrogen and oxygen atoms in total. The summed E-state index contributed by atoms with van der Waals surface area (Å²) in [4.78, 5) is 15.0. The highest BCUT2D eigenvalue weighted by atomic mass is 35.5. The first-order valence-corrected chi connectivity index (χ1v) is 5.99. The molecule has 0 fully saturated rings. The monoisotopic (exact) mass is 256 g/mol. The van der Waals surface area contributed by atoms with Crippen LogP contribution in [-0.4, -0.2) is 29.7 Å². The molecule has 0 aromatic carbocycles. The Labute approximate surface area is 106 Å². The van der Waals surface area contributed by atoms with Crippen LogP contribution in [0.25, 0.3) is 0 Å². The number of hydrogen-bond acceptors (Lipinski definition) is 3. The zero-order valence-electron chi connectivity index (χ0n) is 9.82. The molecule has 0 radical (unpaired) electrons. The number of carbonyl (C=O) groups is 1. The smallest absolute Gasteiger partial charge is 0.306 e. The van der Waals surface area contributed by atoms with Crippen LogP contribution in [0.5, 0.6) is 0 Å². The highest BCUT2D eigenvalue weighted by Crippen LogP contribution is 2.15. The van der Waals surface area contributed by atoms with Crippen LogP contribution in [0.4, 0.5) is 0 Å². The third-order valence-electron chi connectivity index (χ3n) is 2.60. The number of nitrogens with zero attached hydrogens (tertiary/aromatic N) is 1. The van der Waals surface area contributed by atoms with E-state index in [1.54, 1.807) is 12.3 Å². The molecule has 2 N–H and O–H groups in total. The maximum Gasteiger partial charge on any atom is 0.306 e. The molecule has 1 unspecified atom stereocenters. The SMILES string of the molecule is CNCCCC(Cc1ccc(Cl)nc1)C(=O)O. The van der Waals surface area contributed by atoms with Crippen LogP contribution in [-0.2, 0) is 11.2 Å². The fraction of sp³-hybridized carbons (Fsp3) is 0.500. The molecule has 17 heavy (non-hydrogen) atoms. The van der Waals surface area contributed by atoms with Gasteiger partial charge in [-0.15, -0.1) is 0 Å². The van der Waals surface area contributed by atoms with Gasteiger partial charge >= 0.3 is 5.97 Å². The molecular formula is C12H17ClN2O2. The zero-order chi connectivity index (χ0) is 12.7. The van der Waals surface area contributed by atoms with E-state index in [0.717, 1.165) is 18.5 Å². The fourth-order valence-electron chi connectivity index (χ4n) is 1.65. The van der Waals surface area contributed by atoms with Crippen molar-refractivity contribution < 1.29 is 9.90 Å². The minimum Gasteiger partial charge on any atom is -0.481 e. The predicted molar refractivity (Wildman–Crippen MR) is 67.2 cm³/mol. The first-order valence-electron chi connectivity index (χ1n) is 5.61. The van der Waals surface area contributed by atoms with E-state index in [9.17, 15) is 4.79 Å². The van der Waals surface area contributed by atoms with Crippen molar-refractivity contribution in [3.63, 3.8) is 0 Å². The summed E-state index contributed by atoms with van der Waals surface area (Å²) < 4.78 is 0. The number of aromatic nitrogens is 1. The van der Waals surface area contributed by atoms with Crippen LogP contribution in [0.3, 0.4) is 0 Å². The molecule has 0 spiro atoms. The lowest BCUT2D eigenvalue weighted by Gasteiger charge is -2.11. The maximum absolute atomic E-state index is 11.1. The second-order valence-corrected chi connectivity index (χ2v) is 4.36. The Bertz CT molecular complexity index is 354. The summed E-state index contributed by atoms with van der Waals surface area (Å²) in [5.74, 6) is -1.11. The van der Waals surface area contributed by atoms with Crippen LogP contribution < -0.4 is 5.32 Å². The topological polar surface area (TPSA) is 62.2 Å². The predicted octanol–water partition coefficient (Wildman–Crippen LogP) is 1.98. The minimum absolute atomic E-state index is 0.355. The lowest BCUT2D eigenvalue weighted by atomic mass is 9.96. The lowest BCUT2D eigenvalue weighted by Crippen LogP contribution is -2.19. The van der Waals surface area contributed by atoms with Gasteiger partial charge in [0.15, 0.2) is 0 Å². The number of carboxylic acid groups (broad SMARTS) is 1. The van der Waals surface area contributed by atoms with E-state index < -0.39 is 5.97 Å². The Hall–Kier alpha value is -1.13. The Morgan fingerprint density at radius 3 is 2.88 bits per heavy atom. The molecule has 0 saturated heterocycles. The van der Waals surface area contributed by atoms with Crippen molar-refractivity contribution in [3.8, 4) is 0 Å². The summed E-state index contributed by atoms with van der Waals surface area (Å²) in [7, 11) is 1.86. The van der Waals surface area contributed by atoms with E-state index >= 15 is 0 Å². The van der Waals surface area contributed by atoms with Crippen LogP contribution in [0.2, 0.25) is 5.15 Å². The summed E-state index contributed by atoms with van der Waals surface area (Å²) in [6.07, 6.45) is 3.66. The van der Waals surface area contributed by atoms with Crippen molar-refractivity contribution in [2.45, 2.75) is 19.3 Å². The highest BCUT2D eigenvalue weighted by Gasteiger charge is 2.17. The van der Waals surface area contributed by atoms with Crippen molar-refractivity contribution in [2.24, 2.45) is 5.92 Å². The largest absolute Gasteiger partial charge is 0.481 e. The summed E-state index contributed by atoms with van der Waals surface area (Å²) in [6.45, 7) is 0.836. The van der Waals surface area contributed by atoms with E-state index in [-0.39, 0.29) is 5.92 Å². The number of carboxylic acids is 1. The number of aliphatic carboxylic acids is 1. The molecular weight excluding hydrogens is 240 g/mol. The number of rotatable bonds is 7. The quantitative estimate of drug-likeness (QED) is 0.578.